The van der Waals surface area contributed by atoms with E-state index in [4.69, 9.17) is 0 Å². The van der Waals surface area contributed by atoms with Gasteiger partial charge in [0.25, 0.3) is 0 Å². The molecule has 0 saturated carbocycles. The molecular weight excluding hydrogens is 524 g/mol. The Hall–Kier alpha value is -0.400. The molecule has 0 radical (unpaired) electrons. The zero-order chi connectivity index (χ0) is 18.3. The second kappa shape index (κ2) is 7.92. The van der Waals surface area contributed by atoms with Gasteiger partial charge in [0.1, 0.15) is 0 Å². The summed E-state index contributed by atoms with van der Waals surface area (Å²) in [5, 5.41) is 13.2. The van der Waals surface area contributed by atoms with E-state index in [1.807, 2.05) is 0 Å². The molecule has 0 unspecified atom stereocenters. The van der Waals surface area contributed by atoms with Gasteiger partial charge < -0.3 is 14.6 Å². The number of hydrogen-bond donors (Lipinski definition) is 1. The van der Waals surface area contributed by atoms with E-state index in [-0.39, 0.29) is 6.10 Å². The topological polar surface area (TPSA) is 28.4 Å². The van der Waals surface area contributed by atoms with Crippen molar-refractivity contribution in [3.63, 3.8) is 0 Å². The van der Waals surface area contributed by atoms with Crippen molar-refractivity contribution in [3.05, 3.63) is 43.7 Å². The van der Waals surface area contributed by atoms with E-state index in [0.29, 0.717) is 6.54 Å². The Morgan fingerprint density at radius 3 is 2.38 bits per heavy atom. The van der Waals surface area contributed by atoms with Gasteiger partial charge in [0.15, 0.2) is 0 Å². The number of aromatic nitrogens is 1. The molecule has 138 valence electrons. The van der Waals surface area contributed by atoms with Gasteiger partial charge in [-0.2, -0.15) is 0 Å². The summed E-state index contributed by atoms with van der Waals surface area (Å²) < 4.78 is 5.40. The van der Waals surface area contributed by atoms with Crippen LogP contribution in [0.25, 0.3) is 21.8 Å². The van der Waals surface area contributed by atoms with Crippen molar-refractivity contribution >= 4 is 69.6 Å². The van der Waals surface area contributed by atoms with Crippen molar-refractivity contribution in [1.29, 1.82) is 0 Å². The maximum absolute atomic E-state index is 10.8. The maximum Gasteiger partial charge on any atom is 0.0845 e. The second-order valence-electron chi connectivity index (χ2n) is 7.07. The van der Waals surface area contributed by atoms with Gasteiger partial charge in [-0.1, -0.05) is 38.3 Å². The number of nitrogens with zero attached hydrogens (tertiary/aromatic N) is 2. The van der Waals surface area contributed by atoms with Crippen LogP contribution in [0.4, 0.5) is 0 Å². The quantitative estimate of drug-likeness (QED) is 0.441. The molecule has 0 aliphatic carbocycles. The molecule has 1 saturated heterocycles. The van der Waals surface area contributed by atoms with Crippen LogP contribution >= 0.6 is 47.8 Å². The molecule has 1 aliphatic rings. The summed E-state index contributed by atoms with van der Waals surface area (Å²) in [5.41, 5.74) is 2.29. The van der Waals surface area contributed by atoms with Crippen LogP contribution in [0.2, 0.25) is 0 Å². The lowest BCUT2D eigenvalue weighted by Gasteiger charge is -2.28. The molecule has 0 amide bonds. The highest BCUT2D eigenvalue weighted by molar-refractivity contribution is 9.11. The highest BCUT2D eigenvalue weighted by Gasteiger charge is 2.19. The van der Waals surface area contributed by atoms with E-state index >= 15 is 0 Å². The first-order chi connectivity index (χ1) is 12.5. The molecule has 1 aromatic heterocycles. The zero-order valence-corrected chi connectivity index (χ0v) is 19.1. The number of benzene rings is 2. The first-order valence-electron chi connectivity index (χ1n) is 9.00. The molecule has 4 rings (SSSR count). The maximum atomic E-state index is 10.8. The van der Waals surface area contributed by atoms with Crippen molar-refractivity contribution < 1.29 is 5.11 Å². The smallest absolute Gasteiger partial charge is 0.0845 e. The lowest BCUT2D eigenvalue weighted by atomic mass is 10.1. The van der Waals surface area contributed by atoms with Gasteiger partial charge in [0, 0.05) is 36.3 Å². The Kier molecular flexibility index (Phi) is 5.77. The Morgan fingerprint density at radius 2 is 1.62 bits per heavy atom. The lowest BCUT2D eigenvalue weighted by molar-refractivity contribution is 0.0900. The number of likely N-dealkylation sites (tertiary alicyclic amines) is 1. The van der Waals surface area contributed by atoms with Crippen LogP contribution in [0.3, 0.4) is 0 Å². The third-order valence-corrected chi connectivity index (χ3v) is 6.70. The van der Waals surface area contributed by atoms with Crippen molar-refractivity contribution in [2.75, 3.05) is 19.6 Å². The molecule has 0 spiro atoms. The molecule has 26 heavy (non-hydrogen) atoms. The van der Waals surface area contributed by atoms with Crippen LogP contribution in [-0.2, 0) is 6.54 Å². The minimum Gasteiger partial charge on any atom is -0.390 e. The van der Waals surface area contributed by atoms with Crippen LogP contribution in [-0.4, -0.2) is 40.3 Å². The second-order valence-corrected chi connectivity index (χ2v) is 9.76. The molecule has 1 aliphatic heterocycles. The number of rotatable bonds is 4. The molecule has 3 nitrogen and oxygen atoms in total. The molecule has 0 bridgehead atoms. The van der Waals surface area contributed by atoms with E-state index in [1.165, 1.54) is 30.0 Å². The summed E-state index contributed by atoms with van der Waals surface area (Å²) in [4.78, 5) is 2.39. The number of aliphatic hydroxyl groups excluding tert-OH is 1. The van der Waals surface area contributed by atoms with Crippen LogP contribution in [0.1, 0.15) is 19.3 Å². The number of fused-ring (bicyclic) bond motifs is 3. The average Bonchev–Trinajstić information content (AvgIpc) is 2.89. The largest absolute Gasteiger partial charge is 0.390 e. The molecule has 1 N–H and O–H groups in total. The number of hydrogen-bond acceptors (Lipinski definition) is 2. The molecule has 1 atom stereocenters. The van der Waals surface area contributed by atoms with E-state index in [2.05, 4.69) is 87.6 Å². The van der Waals surface area contributed by atoms with Crippen LogP contribution in [0.5, 0.6) is 0 Å². The highest BCUT2D eigenvalue weighted by Crippen LogP contribution is 2.37. The fourth-order valence-electron chi connectivity index (χ4n) is 4.02. The van der Waals surface area contributed by atoms with Gasteiger partial charge in [-0.25, -0.2) is 0 Å². The highest BCUT2D eigenvalue weighted by atomic mass is 79.9. The van der Waals surface area contributed by atoms with Gasteiger partial charge in [-0.05, 0) is 72.2 Å². The van der Waals surface area contributed by atoms with Crippen LogP contribution in [0, 0.1) is 0 Å². The SMILES string of the molecule is O[C@@H](CN1CCCCC1)Cn1c2ccc(Br)cc2c2cc(Br)cc(Br)c21. The molecule has 2 aromatic carbocycles. The van der Waals surface area contributed by atoms with Gasteiger partial charge >= 0.3 is 0 Å². The Morgan fingerprint density at radius 1 is 0.885 bits per heavy atom. The molecular formula is C20H21Br3N2O. The summed E-state index contributed by atoms with van der Waals surface area (Å²) >= 11 is 10.9. The fraction of sp³-hybridized carbons (Fsp3) is 0.400. The normalized spacial score (nSPS) is 17.2. The van der Waals surface area contributed by atoms with Crippen molar-refractivity contribution in [1.82, 2.24) is 9.47 Å². The van der Waals surface area contributed by atoms with E-state index in [1.54, 1.807) is 0 Å². The number of aliphatic hydroxyl groups is 1. The molecule has 3 aromatic rings. The van der Waals surface area contributed by atoms with Crippen molar-refractivity contribution in [2.45, 2.75) is 31.9 Å². The number of β-amino-alcohol motifs (C(OH)–C–C–N with tert-alkyl or cyclic N) is 1. The zero-order valence-electron chi connectivity index (χ0n) is 14.4. The van der Waals surface area contributed by atoms with Crippen molar-refractivity contribution in [2.24, 2.45) is 0 Å². The predicted octanol–water partition coefficient (Wildman–Crippen LogP) is 5.93. The predicted molar refractivity (Wildman–Crippen MR) is 119 cm³/mol. The summed E-state index contributed by atoms with van der Waals surface area (Å²) in [7, 11) is 0. The summed E-state index contributed by atoms with van der Waals surface area (Å²) in [6, 6.07) is 10.6. The summed E-state index contributed by atoms with van der Waals surface area (Å²) in [6.07, 6.45) is 3.42. The lowest BCUT2D eigenvalue weighted by Crippen LogP contribution is -2.38. The average molecular weight is 545 g/mol. The molecule has 1 fully saturated rings. The Labute approximate surface area is 178 Å². The molecule has 2 heterocycles. The van der Waals surface area contributed by atoms with E-state index < -0.39 is 0 Å². The third kappa shape index (κ3) is 3.76. The van der Waals surface area contributed by atoms with Gasteiger partial charge in [-0.3, -0.25) is 0 Å². The van der Waals surface area contributed by atoms with Gasteiger partial charge in [0.05, 0.1) is 18.2 Å². The minimum atomic E-state index is -0.383. The first kappa shape index (κ1) is 18.9. The van der Waals surface area contributed by atoms with Gasteiger partial charge in [0.2, 0.25) is 0 Å². The number of piperidine rings is 1. The molecule has 6 heteroatoms. The standard InChI is InChI=1S/C20H21Br3N2O/c21-13-4-5-19-16(8-13)17-9-14(22)10-18(23)20(17)25(19)12-15(26)11-24-6-2-1-3-7-24/h4-5,8-10,15,26H,1-3,6-7,11-12H2/t15-/m0/s1. The first-order valence-corrected chi connectivity index (χ1v) is 11.4. The summed E-state index contributed by atoms with van der Waals surface area (Å²) in [6.45, 7) is 3.55. The van der Waals surface area contributed by atoms with Crippen molar-refractivity contribution in [3.8, 4) is 0 Å². The van der Waals surface area contributed by atoms with E-state index in [0.717, 1.165) is 44.1 Å². The summed E-state index contributed by atoms with van der Waals surface area (Å²) in [5.74, 6) is 0. The Balaban J connectivity index is 1.75. The minimum absolute atomic E-state index is 0.383. The van der Waals surface area contributed by atoms with Crippen LogP contribution < -0.4 is 0 Å². The Bertz CT molecular complexity index is 947. The number of halogens is 3. The van der Waals surface area contributed by atoms with E-state index in [9.17, 15) is 5.11 Å². The third-order valence-electron chi connectivity index (χ3n) is 5.15. The van der Waals surface area contributed by atoms with Crippen LogP contribution in [0.15, 0.2) is 43.7 Å². The monoisotopic (exact) mass is 542 g/mol. The fourth-order valence-corrected chi connectivity index (χ4v) is 5.82. The van der Waals surface area contributed by atoms with Gasteiger partial charge in [-0.15, -0.1) is 0 Å².